The average molecular weight is 145 g/mol. The van der Waals surface area contributed by atoms with E-state index in [0.29, 0.717) is 0 Å². The van der Waals surface area contributed by atoms with Gasteiger partial charge in [0.2, 0.25) is 0 Å². The van der Waals surface area contributed by atoms with Crippen LogP contribution in [0.1, 0.15) is 26.2 Å². The molecule has 2 atom stereocenters. The van der Waals surface area contributed by atoms with Crippen LogP contribution in [0.4, 0.5) is 0 Å². The van der Waals surface area contributed by atoms with Crippen molar-refractivity contribution in [2.24, 2.45) is 5.92 Å². The fraction of sp³-hybridized carbons (Fsp3) is 1.00. The Hall–Kier alpha value is 0.390. The van der Waals surface area contributed by atoms with Gasteiger partial charge in [-0.2, -0.15) is 0 Å². The van der Waals surface area contributed by atoms with Gasteiger partial charge in [-0.05, 0) is 25.2 Å². The molecule has 0 aliphatic carbocycles. The van der Waals surface area contributed by atoms with Crippen molar-refractivity contribution in [1.82, 2.24) is 4.67 Å². The van der Waals surface area contributed by atoms with Crippen LogP contribution in [0.15, 0.2) is 0 Å². The fourth-order valence-electron chi connectivity index (χ4n) is 1.29. The summed E-state index contributed by atoms with van der Waals surface area (Å²) in [6, 6.07) is 0. The maximum Gasteiger partial charge on any atom is 0.00187 e. The molecule has 0 N–H and O–H groups in total. The highest BCUT2D eigenvalue weighted by molar-refractivity contribution is 7.13. The zero-order chi connectivity index (χ0) is 6.69. The van der Waals surface area contributed by atoms with Gasteiger partial charge in [-0.25, -0.2) is 0 Å². The molecule has 1 heterocycles. The van der Waals surface area contributed by atoms with E-state index in [1.807, 2.05) is 0 Å². The van der Waals surface area contributed by atoms with Crippen LogP contribution in [0.25, 0.3) is 0 Å². The Morgan fingerprint density at radius 2 is 2.11 bits per heavy atom. The van der Waals surface area contributed by atoms with Crippen LogP contribution in [0, 0.1) is 5.92 Å². The summed E-state index contributed by atoms with van der Waals surface area (Å²) in [6.45, 7) is 4.89. The lowest BCUT2D eigenvalue weighted by atomic mass is 10.0. The van der Waals surface area contributed by atoms with Crippen molar-refractivity contribution < 1.29 is 0 Å². The average Bonchev–Trinajstić information content (AvgIpc) is 1.97. The third-order valence-electron chi connectivity index (χ3n) is 2.05. The number of hydrogen-bond donors (Lipinski definition) is 0. The van der Waals surface area contributed by atoms with Crippen LogP contribution in [0.5, 0.6) is 0 Å². The first-order chi connectivity index (χ1) is 4.29. The molecule has 54 valence electrons. The molecule has 1 saturated heterocycles. The van der Waals surface area contributed by atoms with Gasteiger partial charge in [0, 0.05) is 13.1 Å². The predicted octanol–water partition coefficient (Wildman–Crippen LogP) is 1.90. The molecule has 2 unspecified atom stereocenters. The molecule has 1 aliphatic rings. The lowest BCUT2D eigenvalue weighted by Gasteiger charge is -2.10. The largest absolute Gasteiger partial charge is 0.287 e. The first kappa shape index (κ1) is 7.50. The minimum Gasteiger partial charge on any atom is -0.287 e. The zero-order valence-electron chi connectivity index (χ0n) is 6.14. The predicted molar refractivity (Wildman–Crippen MR) is 44.3 cm³/mol. The van der Waals surface area contributed by atoms with Crippen LogP contribution >= 0.6 is 9.39 Å². The van der Waals surface area contributed by atoms with Gasteiger partial charge in [-0.1, -0.05) is 16.3 Å². The van der Waals surface area contributed by atoms with Gasteiger partial charge < -0.3 is 0 Å². The smallest absolute Gasteiger partial charge is 0.00187 e. The molecule has 1 aliphatic heterocycles. The second-order valence-corrected chi connectivity index (χ2v) is 3.80. The molecule has 1 rings (SSSR count). The number of nitrogens with zero attached hydrogens (tertiary/aromatic N) is 1. The lowest BCUT2D eigenvalue weighted by molar-refractivity contribution is 0.470. The van der Waals surface area contributed by atoms with Gasteiger partial charge in [0.05, 0.1) is 0 Å². The monoisotopic (exact) mass is 145 g/mol. The van der Waals surface area contributed by atoms with Crippen molar-refractivity contribution >= 4 is 9.39 Å². The first-order valence-electron chi connectivity index (χ1n) is 3.78. The lowest BCUT2D eigenvalue weighted by Crippen LogP contribution is -2.11. The van der Waals surface area contributed by atoms with E-state index in [4.69, 9.17) is 0 Å². The number of hydrogen-bond acceptors (Lipinski definition) is 1. The van der Waals surface area contributed by atoms with E-state index >= 15 is 0 Å². The molecule has 9 heavy (non-hydrogen) atoms. The summed E-state index contributed by atoms with van der Waals surface area (Å²) in [7, 11) is 2.79. The molecule has 0 bridgehead atoms. The quantitative estimate of drug-likeness (QED) is 0.470. The summed E-state index contributed by atoms with van der Waals surface area (Å²) in [4.78, 5) is 0. The third kappa shape index (κ3) is 2.64. The van der Waals surface area contributed by atoms with Gasteiger partial charge >= 0.3 is 0 Å². The van der Waals surface area contributed by atoms with E-state index in [-0.39, 0.29) is 0 Å². The molecule has 1 fully saturated rings. The normalized spacial score (nSPS) is 32.0. The maximum absolute atomic E-state index is 2.79. The van der Waals surface area contributed by atoms with Crippen LogP contribution in [-0.2, 0) is 0 Å². The zero-order valence-corrected chi connectivity index (χ0v) is 7.29. The Balaban J connectivity index is 2.25. The van der Waals surface area contributed by atoms with E-state index < -0.39 is 0 Å². The minimum atomic E-state index is 0.954. The molecule has 0 radical (unpaired) electrons. The fourth-order valence-corrected chi connectivity index (χ4v) is 1.62. The van der Waals surface area contributed by atoms with Gasteiger partial charge in [0.1, 0.15) is 0 Å². The Morgan fingerprint density at radius 1 is 1.33 bits per heavy atom. The molecule has 1 nitrogen and oxygen atoms in total. The Morgan fingerprint density at radius 3 is 2.89 bits per heavy atom. The van der Waals surface area contributed by atoms with E-state index in [2.05, 4.69) is 21.0 Å². The summed E-state index contributed by atoms with van der Waals surface area (Å²) < 4.78 is 2.35. The van der Waals surface area contributed by atoms with Gasteiger partial charge in [-0.15, -0.1) is 0 Å². The molecular weight excluding hydrogens is 129 g/mol. The van der Waals surface area contributed by atoms with Crippen molar-refractivity contribution in [1.29, 1.82) is 0 Å². The number of rotatable bonds is 0. The van der Waals surface area contributed by atoms with E-state index in [1.54, 1.807) is 0 Å². The van der Waals surface area contributed by atoms with Crippen LogP contribution in [0.2, 0.25) is 0 Å². The van der Waals surface area contributed by atoms with E-state index in [0.717, 1.165) is 5.92 Å². The second-order valence-electron chi connectivity index (χ2n) is 3.07. The van der Waals surface area contributed by atoms with Crippen molar-refractivity contribution in [2.75, 3.05) is 13.1 Å². The van der Waals surface area contributed by atoms with Gasteiger partial charge in [0.15, 0.2) is 0 Å². The Labute approximate surface area is 60.1 Å². The highest BCUT2D eigenvalue weighted by Crippen LogP contribution is 2.17. The van der Waals surface area contributed by atoms with Gasteiger partial charge in [0.25, 0.3) is 0 Å². The molecule has 0 amide bonds. The highest BCUT2D eigenvalue weighted by Gasteiger charge is 2.09. The second kappa shape index (κ2) is 3.53. The SMILES string of the molecule is CC1CCCN(P)CC1. The Kier molecular flexibility index (Phi) is 2.94. The van der Waals surface area contributed by atoms with Crippen molar-refractivity contribution in [3.63, 3.8) is 0 Å². The molecular formula is C7H16NP. The molecule has 0 spiro atoms. The molecule has 0 saturated carbocycles. The topological polar surface area (TPSA) is 3.24 Å². The summed E-state index contributed by atoms with van der Waals surface area (Å²) in [6.07, 6.45) is 4.18. The summed E-state index contributed by atoms with van der Waals surface area (Å²) in [5.41, 5.74) is 0. The summed E-state index contributed by atoms with van der Waals surface area (Å²) >= 11 is 0. The first-order valence-corrected chi connectivity index (χ1v) is 4.30. The van der Waals surface area contributed by atoms with Crippen LogP contribution in [-0.4, -0.2) is 17.8 Å². The van der Waals surface area contributed by atoms with Crippen molar-refractivity contribution in [3.8, 4) is 0 Å². The Bertz CT molecular complexity index is 75.0. The maximum atomic E-state index is 2.79. The molecule has 2 heteroatoms. The van der Waals surface area contributed by atoms with Crippen LogP contribution in [0.3, 0.4) is 0 Å². The van der Waals surface area contributed by atoms with Crippen molar-refractivity contribution in [2.45, 2.75) is 26.2 Å². The van der Waals surface area contributed by atoms with E-state index in [9.17, 15) is 0 Å². The standard InChI is InChI=1S/C7H16NP/c1-7-3-2-5-8(9)6-4-7/h7H,2-6,9H2,1H3. The van der Waals surface area contributed by atoms with E-state index in [1.165, 1.54) is 32.4 Å². The van der Waals surface area contributed by atoms with Gasteiger partial charge in [-0.3, -0.25) is 4.67 Å². The van der Waals surface area contributed by atoms with Crippen LogP contribution < -0.4 is 0 Å². The molecule has 0 aromatic heterocycles. The molecule has 0 aromatic rings. The minimum absolute atomic E-state index is 0.954. The third-order valence-corrected chi connectivity index (χ3v) is 2.57. The highest BCUT2D eigenvalue weighted by atomic mass is 31.0. The van der Waals surface area contributed by atoms with Crippen molar-refractivity contribution in [3.05, 3.63) is 0 Å². The summed E-state index contributed by atoms with van der Waals surface area (Å²) in [5, 5.41) is 0. The summed E-state index contributed by atoms with van der Waals surface area (Å²) in [5.74, 6) is 0.954. The molecule has 0 aromatic carbocycles.